The molecule has 0 spiro atoms. The summed E-state index contributed by atoms with van der Waals surface area (Å²) in [5.41, 5.74) is 0.532. The number of carbonyl (C=O) groups excluding carboxylic acids is 1. The Morgan fingerprint density at radius 2 is 2.29 bits per heavy atom. The van der Waals surface area contributed by atoms with Crippen molar-refractivity contribution in [1.29, 1.82) is 0 Å². The van der Waals surface area contributed by atoms with Gasteiger partial charge in [-0.15, -0.1) is 5.10 Å². The normalized spacial score (nSPS) is 13.9. The van der Waals surface area contributed by atoms with Gasteiger partial charge in [-0.3, -0.25) is 9.36 Å². The van der Waals surface area contributed by atoms with Gasteiger partial charge in [0.05, 0.1) is 5.75 Å². The fourth-order valence-corrected chi connectivity index (χ4v) is 3.41. The van der Waals surface area contributed by atoms with Crippen molar-refractivity contribution in [2.75, 3.05) is 12.3 Å². The summed E-state index contributed by atoms with van der Waals surface area (Å²) in [6, 6.07) is 6.46. The van der Waals surface area contributed by atoms with Crippen LogP contribution in [0.5, 0.6) is 0 Å². The fourth-order valence-electron chi connectivity index (χ4n) is 2.50. The van der Waals surface area contributed by atoms with Gasteiger partial charge in [0, 0.05) is 19.1 Å². The van der Waals surface area contributed by atoms with Crippen LogP contribution in [0.1, 0.15) is 31.4 Å². The lowest BCUT2D eigenvalue weighted by Crippen LogP contribution is -2.32. The number of H-pyrrole nitrogens is 1. The molecule has 2 aromatic rings. The number of halogens is 1. The van der Waals surface area contributed by atoms with E-state index >= 15 is 0 Å². The average Bonchev–Trinajstić information content (AvgIpc) is 3.33. The van der Waals surface area contributed by atoms with Gasteiger partial charge in [0.15, 0.2) is 5.16 Å². The van der Waals surface area contributed by atoms with E-state index in [4.69, 9.17) is 0 Å². The number of carbonyl (C=O) groups is 1. The topological polar surface area (TPSA) is 71.0 Å². The molecular formula is C16H19FN4O2S. The molecule has 1 N–H and O–H groups in total. The maximum absolute atomic E-state index is 13.3. The summed E-state index contributed by atoms with van der Waals surface area (Å²) in [5, 5.41) is 6.99. The summed E-state index contributed by atoms with van der Waals surface area (Å²) in [7, 11) is 0. The standard InChI is InChI=1S/C16H19FN4O2S/c1-2-20(9-11-4-3-5-12(17)8-11)14(22)10-24-16-19-18-15(23)21(16)13-6-7-13/h3-5,8,13H,2,6-7,9-10H2,1H3,(H,18,23). The number of rotatable bonds is 7. The van der Waals surface area contributed by atoms with Crippen LogP contribution >= 0.6 is 11.8 Å². The van der Waals surface area contributed by atoms with Crippen molar-refractivity contribution in [3.63, 3.8) is 0 Å². The van der Waals surface area contributed by atoms with Gasteiger partial charge in [0.25, 0.3) is 0 Å². The quantitative estimate of drug-likeness (QED) is 0.777. The minimum absolute atomic E-state index is 0.0652. The predicted octanol–water partition coefficient (Wildman–Crippen LogP) is 2.19. The van der Waals surface area contributed by atoms with E-state index in [2.05, 4.69) is 10.2 Å². The van der Waals surface area contributed by atoms with Crippen LogP contribution in [0, 0.1) is 5.82 Å². The first-order valence-electron chi connectivity index (χ1n) is 7.90. The fraction of sp³-hybridized carbons (Fsp3) is 0.438. The SMILES string of the molecule is CCN(Cc1cccc(F)c1)C(=O)CSc1n[nH]c(=O)n1C1CC1. The molecule has 0 atom stereocenters. The van der Waals surface area contributed by atoms with E-state index in [1.807, 2.05) is 6.92 Å². The zero-order valence-electron chi connectivity index (χ0n) is 13.4. The Kier molecular flexibility index (Phi) is 5.03. The molecule has 24 heavy (non-hydrogen) atoms. The van der Waals surface area contributed by atoms with Gasteiger partial charge >= 0.3 is 5.69 Å². The van der Waals surface area contributed by atoms with Crippen LogP contribution in [0.15, 0.2) is 34.2 Å². The van der Waals surface area contributed by atoms with Gasteiger partial charge < -0.3 is 4.90 Å². The molecule has 1 aliphatic rings. The van der Waals surface area contributed by atoms with Gasteiger partial charge in [-0.25, -0.2) is 14.3 Å². The third kappa shape index (κ3) is 3.87. The lowest BCUT2D eigenvalue weighted by atomic mass is 10.2. The Balaban J connectivity index is 1.62. The smallest absolute Gasteiger partial charge is 0.338 e. The van der Waals surface area contributed by atoms with Crippen molar-refractivity contribution in [3.8, 4) is 0 Å². The molecule has 6 nitrogen and oxygen atoms in total. The first kappa shape index (κ1) is 16.8. The molecule has 0 saturated heterocycles. The molecule has 1 aromatic carbocycles. The molecule has 0 bridgehead atoms. The number of aromatic nitrogens is 3. The van der Waals surface area contributed by atoms with Crippen LogP contribution in [0.3, 0.4) is 0 Å². The second kappa shape index (κ2) is 7.21. The molecule has 1 amide bonds. The number of amides is 1. The maximum atomic E-state index is 13.3. The first-order chi connectivity index (χ1) is 11.6. The third-order valence-electron chi connectivity index (χ3n) is 3.91. The largest absolute Gasteiger partial charge is 0.344 e. The van der Waals surface area contributed by atoms with Gasteiger partial charge in [0.2, 0.25) is 5.91 Å². The third-order valence-corrected chi connectivity index (χ3v) is 4.84. The first-order valence-corrected chi connectivity index (χ1v) is 8.89. The lowest BCUT2D eigenvalue weighted by Gasteiger charge is -2.20. The molecule has 3 rings (SSSR count). The molecule has 1 heterocycles. The molecule has 1 aliphatic carbocycles. The molecule has 0 unspecified atom stereocenters. The Hall–Kier alpha value is -2.09. The van der Waals surface area contributed by atoms with E-state index in [9.17, 15) is 14.0 Å². The molecule has 1 aromatic heterocycles. The van der Waals surface area contributed by atoms with Crippen molar-refractivity contribution in [2.24, 2.45) is 0 Å². The number of hydrogen-bond donors (Lipinski definition) is 1. The Labute approximate surface area is 143 Å². The summed E-state index contributed by atoms with van der Waals surface area (Å²) in [4.78, 5) is 25.8. The van der Waals surface area contributed by atoms with E-state index in [1.54, 1.807) is 21.6 Å². The van der Waals surface area contributed by atoms with Crippen molar-refractivity contribution >= 4 is 17.7 Å². The zero-order chi connectivity index (χ0) is 17.1. The summed E-state index contributed by atoms with van der Waals surface area (Å²) in [6.45, 7) is 2.78. The highest BCUT2D eigenvalue weighted by atomic mass is 32.2. The van der Waals surface area contributed by atoms with Crippen LogP contribution in [-0.2, 0) is 11.3 Å². The molecule has 1 fully saturated rings. The van der Waals surface area contributed by atoms with Gasteiger partial charge in [-0.1, -0.05) is 23.9 Å². The Morgan fingerprint density at radius 1 is 1.50 bits per heavy atom. The van der Waals surface area contributed by atoms with Gasteiger partial charge in [0.1, 0.15) is 5.82 Å². The highest BCUT2D eigenvalue weighted by Crippen LogP contribution is 2.36. The number of hydrogen-bond acceptors (Lipinski definition) is 4. The minimum Gasteiger partial charge on any atom is -0.338 e. The number of nitrogens with zero attached hydrogens (tertiary/aromatic N) is 3. The average molecular weight is 350 g/mol. The maximum Gasteiger partial charge on any atom is 0.344 e. The molecule has 128 valence electrons. The molecule has 8 heteroatoms. The Bertz CT molecular complexity index is 784. The number of nitrogens with one attached hydrogen (secondary N) is 1. The summed E-state index contributed by atoms with van der Waals surface area (Å²) in [6.07, 6.45) is 1.95. The second-order valence-electron chi connectivity index (χ2n) is 5.74. The van der Waals surface area contributed by atoms with Crippen molar-refractivity contribution in [2.45, 2.75) is 37.5 Å². The summed E-state index contributed by atoms with van der Waals surface area (Å²) >= 11 is 1.26. The van der Waals surface area contributed by atoms with E-state index in [0.29, 0.717) is 18.2 Å². The lowest BCUT2D eigenvalue weighted by molar-refractivity contribution is -0.128. The van der Waals surface area contributed by atoms with Crippen LogP contribution in [0.4, 0.5) is 4.39 Å². The molecule has 1 saturated carbocycles. The Morgan fingerprint density at radius 3 is 2.96 bits per heavy atom. The van der Waals surface area contributed by atoms with Gasteiger partial charge in [-0.05, 0) is 37.5 Å². The summed E-state index contributed by atoms with van der Waals surface area (Å²) < 4.78 is 14.9. The number of benzene rings is 1. The number of aromatic amines is 1. The van der Waals surface area contributed by atoms with E-state index < -0.39 is 0 Å². The van der Waals surface area contributed by atoms with Crippen LogP contribution < -0.4 is 5.69 Å². The van der Waals surface area contributed by atoms with E-state index in [1.165, 1.54) is 23.9 Å². The predicted molar refractivity (Wildman–Crippen MR) is 89.3 cm³/mol. The summed E-state index contributed by atoms with van der Waals surface area (Å²) in [5.74, 6) is -0.180. The highest BCUT2D eigenvalue weighted by molar-refractivity contribution is 7.99. The molecule has 0 radical (unpaired) electrons. The van der Waals surface area contributed by atoms with Gasteiger partial charge in [-0.2, -0.15) is 0 Å². The van der Waals surface area contributed by atoms with E-state index in [0.717, 1.165) is 18.4 Å². The highest BCUT2D eigenvalue weighted by Gasteiger charge is 2.29. The van der Waals surface area contributed by atoms with Crippen LogP contribution in [-0.4, -0.2) is 37.9 Å². The number of thioether (sulfide) groups is 1. The van der Waals surface area contributed by atoms with Crippen molar-refractivity contribution < 1.29 is 9.18 Å². The van der Waals surface area contributed by atoms with Crippen LogP contribution in [0.2, 0.25) is 0 Å². The van der Waals surface area contributed by atoms with Crippen molar-refractivity contribution in [3.05, 3.63) is 46.1 Å². The van der Waals surface area contributed by atoms with Crippen LogP contribution in [0.25, 0.3) is 0 Å². The second-order valence-corrected chi connectivity index (χ2v) is 6.68. The zero-order valence-corrected chi connectivity index (χ0v) is 14.2. The molecule has 0 aliphatic heterocycles. The minimum atomic E-state index is -0.310. The van der Waals surface area contributed by atoms with E-state index in [-0.39, 0.29) is 29.2 Å². The monoisotopic (exact) mass is 350 g/mol. The van der Waals surface area contributed by atoms with Crippen molar-refractivity contribution in [1.82, 2.24) is 19.7 Å². The molecular weight excluding hydrogens is 331 g/mol.